The molecule has 0 spiro atoms. The predicted octanol–water partition coefficient (Wildman–Crippen LogP) is 2.89. The third kappa shape index (κ3) is 3.63. The average molecular weight is 308 g/mol. The zero-order chi connectivity index (χ0) is 15.2. The zero-order valence-corrected chi connectivity index (χ0v) is 13.8. The Labute approximate surface area is 130 Å². The quantitative estimate of drug-likeness (QED) is 0.785. The number of thiophene rings is 1. The average Bonchev–Trinajstić information content (AvgIpc) is 2.91. The van der Waals surface area contributed by atoms with Gasteiger partial charge in [-0.25, -0.2) is 4.98 Å². The van der Waals surface area contributed by atoms with E-state index in [-0.39, 0.29) is 6.61 Å². The smallest absolute Gasteiger partial charge is 0.226 e. The summed E-state index contributed by atoms with van der Waals surface area (Å²) in [7, 11) is 0. The maximum absolute atomic E-state index is 9.08. The first kappa shape index (κ1) is 16.0. The van der Waals surface area contributed by atoms with Crippen LogP contribution in [0.2, 0.25) is 0 Å². The van der Waals surface area contributed by atoms with Gasteiger partial charge in [-0.3, -0.25) is 0 Å². The number of hydrogen-bond acceptors (Lipinski definition) is 6. The molecule has 2 aromatic rings. The molecule has 2 heterocycles. The van der Waals surface area contributed by atoms with Gasteiger partial charge in [0.15, 0.2) is 0 Å². The van der Waals surface area contributed by atoms with E-state index in [2.05, 4.69) is 35.1 Å². The van der Waals surface area contributed by atoms with E-state index in [0.29, 0.717) is 5.95 Å². The molecule has 6 heteroatoms. The molecule has 2 N–H and O–H groups in total. The second kappa shape index (κ2) is 7.56. The van der Waals surface area contributed by atoms with Crippen molar-refractivity contribution in [3.8, 4) is 0 Å². The standard InChI is InChI=1S/C15H24N4OS/c1-4-11-10-12-13(19(6-3)8-7-9-20)17-15(16-5-2)18-14(12)21-11/h10,20H,4-9H2,1-3H3,(H,16,17,18). The highest BCUT2D eigenvalue weighted by Gasteiger charge is 2.15. The summed E-state index contributed by atoms with van der Waals surface area (Å²) in [4.78, 5) is 13.9. The number of fused-ring (bicyclic) bond motifs is 1. The van der Waals surface area contributed by atoms with Gasteiger partial charge in [0.2, 0.25) is 5.95 Å². The van der Waals surface area contributed by atoms with Crippen molar-refractivity contribution in [1.82, 2.24) is 9.97 Å². The fourth-order valence-electron chi connectivity index (χ4n) is 2.28. The number of nitrogens with one attached hydrogen (secondary N) is 1. The van der Waals surface area contributed by atoms with Crippen molar-refractivity contribution >= 4 is 33.3 Å². The first-order valence-electron chi connectivity index (χ1n) is 7.63. The summed E-state index contributed by atoms with van der Waals surface area (Å²) in [6, 6.07) is 2.20. The number of aryl methyl sites for hydroxylation is 1. The second-order valence-electron chi connectivity index (χ2n) is 4.84. The van der Waals surface area contributed by atoms with Gasteiger partial charge in [-0.1, -0.05) is 6.92 Å². The molecule has 0 saturated carbocycles. The van der Waals surface area contributed by atoms with Gasteiger partial charge < -0.3 is 15.3 Å². The normalized spacial score (nSPS) is 11.0. The van der Waals surface area contributed by atoms with Crippen LogP contribution in [-0.2, 0) is 6.42 Å². The molecule has 21 heavy (non-hydrogen) atoms. The van der Waals surface area contributed by atoms with Crippen LogP contribution in [0, 0.1) is 0 Å². The van der Waals surface area contributed by atoms with Crippen molar-refractivity contribution in [3.63, 3.8) is 0 Å². The van der Waals surface area contributed by atoms with Gasteiger partial charge >= 0.3 is 0 Å². The van der Waals surface area contributed by atoms with E-state index in [0.717, 1.165) is 48.5 Å². The lowest BCUT2D eigenvalue weighted by Gasteiger charge is -2.22. The lowest BCUT2D eigenvalue weighted by Crippen LogP contribution is -2.26. The molecule has 0 atom stereocenters. The van der Waals surface area contributed by atoms with E-state index in [4.69, 9.17) is 10.1 Å². The van der Waals surface area contributed by atoms with Crippen molar-refractivity contribution < 1.29 is 5.11 Å². The molecule has 0 aromatic carbocycles. The lowest BCUT2D eigenvalue weighted by molar-refractivity contribution is 0.289. The van der Waals surface area contributed by atoms with E-state index in [1.807, 2.05) is 6.92 Å². The Hall–Kier alpha value is -1.40. The van der Waals surface area contributed by atoms with E-state index in [9.17, 15) is 0 Å². The first-order chi connectivity index (χ1) is 10.2. The minimum Gasteiger partial charge on any atom is -0.396 e. The second-order valence-corrected chi connectivity index (χ2v) is 5.96. The number of aliphatic hydroxyl groups excluding tert-OH is 1. The molecule has 2 rings (SSSR count). The number of rotatable bonds is 8. The molecule has 0 aliphatic heterocycles. The van der Waals surface area contributed by atoms with Gasteiger partial charge in [-0.2, -0.15) is 4.98 Å². The van der Waals surface area contributed by atoms with Gasteiger partial charge in [0.05, 0.1) is 5.39 Å². The van der Waals surface area contributed by atoms with Crippen molar-refractivity contribution in [2.45, 2.75) is 33.6 Å². The maximum Gasteiger partial charge on any atom is 0.226 e. The van der Waals surface area contributed by atoms with Crippen molar-refractivity contribution in [1.29, 1.82) is 0 Å². The Balaban J connectivity index is 2.48. The summed E-state index contributed by atoms with van der Waals surface area (Å²) in [5.74, 6) is 1.66. The van der Waals surface area contributed by atoms with Crippen molar-refractivity contribution in [3.05, 3.63) is 10.9 Å². The Bertz CT molecular complexity index is 584. The summed E-state index contributed by atoms with van der Waals surface area (Å²) in [6.07, 6.45) is 1.76. The molecule has 0 unspecified atom stereocenters. The van der Waals surface area contributed by atoms with Gasteiger partial charge in [-0.15, -0.1) is 11.3 Å². The van der Waals surface area contributed by atoms with Crippen LogP contribution in [0.15, 0.2) is 6.07 Å². The van der Waals surface area contributed by atoms with Crippen LogP contribution in [0.5, 0.6) is 0 Å². The molecule has 2 aromatic heterocycles. The molecule has 116 valence electrons. The molecule has 0 bridgehead atoms. The lowest BCUT2D eigenvalue weighted by atomic mass is 10.2. The van der Waals surface area contributed by atoms with Crippen LogP contribution >= 0.6 is 11.3 Å². The predicted molar refractivity (Wildman–Crippen MR) is 90.5 cm³/mol. The van der Waals surface area contributed by atoms with Crippen LogP contribution in [0.3, 0.4) is 0 Å². The third-order valence-corrected chi connectivity index (χ3v) is 4.55. The fraction of sp³-hybridized carbons (Fsp3) is 0.600. The summed E-state index contributed by atoms with van der Waals surface area (Å²) < 4.78 is 0. The Morgan fingerprint density at radius 2 is 2.10 bits per heavy atom. The van der Waals surface area contributed by atoms with Gasteiger partial charge in [0, 0.05) is 31.1 Å². The molecular weight excluding hydrogens is 284 g/mol. The van der Waals surface area contributed by atoms with Crippen LogP contribution in [0.1, 0.15) is 32.1 Å². The third-order valence-electron chi connectivity index (χ3n) is 3.37. The first-order valence-corrected chi connectivity index (χ1v) is 8.45. The number of hydrogen-bond donors (Lipinski definition) is 2. The van der Waals surface area contributed by atoms with E-state index < -0.39 is 0 Å². The van der Waals surface area contributed by atoms with Crippen molar-refractivity contribution in [2.24, 2.45) is 0 Å². The Morgan fingerprint density at radius 3 is 2.71 bits per heavy atom. The Kier molecular flexibility index (Phi) is 5.76. The molecule has 0 aliphatic carbocycles. The van der Waals surface area contributed by atoms with Gasteiger partial charge in [0.1, 0.15) is 10.6 Å². The molecule has 0 fully saturated rings. The SMILES string of the molecule is CCNc1nc(N(CC)CCCO)c2cc(CC)sc2n1. The molecule has 0 radical (unpaired) electrons. The van der Waals surface area contributed by atoms with E-state index in [1.54, 1.807) is 11.3 Å². The van der Waals surface area contributed by atoms with Crippen LogP contribution in [0.4, 0.5) is 11.8 Å². The fourth-order valence-corrected chi connectivity index (χ4v) is 3.25. The highest BCUT2D eigenvalue weighted by atomic mass is 32.1. The van der Waals surface area contributed by atoms with E-state index in [1.165, 1.54) is 4.88 Å². The topological polar surface area (TPSA) is 61.3 Å². The largest absolute Gasteiger partial charge is 0.396 e. The van der Waals surface area contributed by atoms with Crippen LogP contribution in [-0.4, -0.2) is 41.3 Å². The highest BCUT2D eigenvalue weighted by Crippen LogP contribution is 2.32. The number of aromatic nitrogens is 2. The number of anilines is 2. The monoisotopic (exact) mass is 308 g/mol. The van der Waals surface area contributed by atoms with Crippen LogP contribution < -0.4 is 10.2 Å². The summed E-state index contributed by atoms with van der Waals surface area (Å²) >= 11 is 1.74. The summed E-state index contributed by atoms with van der Waals surface area (Å²) in [5.41, 5.74) is 0. The molecule has 0 amide bonds. The number of aliphatic hydroxyl groups is 1. The Morgan fingerprint density at radius 1 is 1.29 bits per heavy atom. The molecule has 0 saturated heterocycles. The minimum absolute atomic E-state index is 0.203. The summed E-state index contributed by atoms with van der Waals surface area (Å²) in [6.45, 7) is 9.01. The van der Waals surface area contributed by atoms with Crippen molar-refractivity contribution in [2.75, 3.05) is 36.5 Å². The van der Waals surface area contributed by atoms with Gasteiger partial charge in [-0.05, 0) is 32.8 Å². The minimum atomic E-state index is 0.203. The molecular formula is C15H24N4OS. The maximum atomic E-state index is 9.08. The summed E-state index contributed by atoms with van der Waals surface area (Å²) in [5, 5.41) is 13.4. The molecule has 0 aliphatic rings. The van der Waals surface area contributed by atoms with Gasteiger partial charge in [0.25, 0.3) is 0 Å². The zero-order valence-electron chi connectivity index (χ0n) is 13.0. The van der Waals surface area contributed by atoms with Crippen LogP contribution in [0.25, 0.3) is 10.2 Å². The number of nitrogens with zero attached hydrogens (tertiary/aromatic N) is 3. The molecule has 5 nitrogen and oxygen atoms in total. The highest BCUT2D eigenvalue weighted by molar-refractivity contribution is 7.18. The van der Waals surface area contributed by atoms with E-state index >= 15 is 0 Å².